The summed E-state index contributed by atoms with van der Waals surface area (Å²) >= 11 is 11.1. The number of rotatable bonds is 3. The number of anilines is 2. The van der Waals surface area contributed by atoms with Crippen molar-refractivity contribution in [1.82, 2.24) is 4.98 Å². The maximum absolute atomic E-state index is 11.2. The molecule has 2 aromatic rings. The fourth-order valence-corrected chi connectivity index (χ4v) is 1.95. The summed E-state index contributed by atoms with van der Waals surface area (Å²) in [5.74, 6) is 0.0272. The number of Topliss-reactive ketones (excluding diaryl/α,β-unsaturated/α-hetero) is 1. The van der Waals surface area contributed by atoms with Gasteiger partial charge in [-0.25, -0.2) is 4.98 Å². The zero-order chi connectivity index (χ0) is 14.5. The van der Waals surface area contributed by atoms with Crippen LogP contribution in [0, 0.1) is 0 Å². The van der Waals surface area contributed by atoms with E-state index in [1.54, 1.807) is 42.6 Å². The molecule has 0 saturated heterocycles. The lowest BCUT2D eigenvalue weighted by atomic mass is 10.1. The van der Waals surface area contributed by atoms with Crippen LogP contribution in [-0.4, -0.2) is 15.9 Å². The summed E-state index contributed by atoms with van der Waals surface area (Å²) in [4.78, 5) is 15.1. The molecule has 0 unspecified atom stereocenters. The third kappa shape index (κ3) is 3.76. The molecule has 6 heteroatoms. The van der Waals surface area contributed by atoms with Crippen molar-refractivity contribution in [3.05, 3.63) is 53.3 Å². The molecule has 0 aliphatic rings. The van der Waals surface area contributed by atoms with E-state index in [9.17, 15) is 4.79 Å². The highest BCUT2D eigenvalue weighted by Gasteiger charge is 2.04. The molecule has 0 atom stereocenters. The van der Waals surface area contributed by atoms with E-state index in [-0.39, 0.29) is 5.78 Å². The third-order valence-electron chi connectivity index (χ3n) is 2.56. The van der Waals surface area contributed by atoms with Crippen LogP contribution in [0.2, 0.25) is 5.15 Å². The molecule has 0 amide bonds. The Balaban J connectivity index is 2.01. The Morgan fingerprint density at radius 3 is 2.50 bits per heavy atom. The van der Waals surface area contributed by atoms with Gasteiger partial charge in [-0.2, -0.15) is 0 Å². The Bertz CT molecular complexity index is 643. The fraction of sp³-hybridized carbons (Fsp3) is 0.0714. The van der Waals surface area contributed by atoms with Crippen molar-refractivity contribution in [3.63, 3.8) is 0 Å². The maximum Gasteiger partial charge on any atom is 0.175 e. The normalized spacial score (nSPS) is 9.90. The van der Waals surface area contributed by atoms with Crippen LogP contribution in [0.5, 0.6) is 0 Å². The number of halogens is 1. The number of benzene rings is 1. The number of hydrogen-bond acceptors (Lipinski definition) is 3. The van der Waals surface area contributed by atoms with Gasteiger partial charge in [-0.3, -0.25) is 4.79 Å². The van der Waals surface area contributed by atoms with Gasteiger partial charge in [-0.05, 0) is 55.5 Å². The zero-order valence-electron chi connectivity index (χ0n) is 10.7. The van der Waals surface area contributed by atoms with Crippen molar-refractivity contribution in [2.24, 2.45) is 0 Å². The quantitative estimate of drug-likeness (QED) is 0.514. The molecule has 0 aliphatic carbocycles. The number of aromatic nitrogens is 1. The number of nitrogens with zero attached hydrogens (tertiary/aromatic N) is 1. The van der Waals surface area contributed by atoms with Crippen LogP contribution in [0.1, 0.15) is 17.3 Å². The average Bonchev–Trinajstić information content (AvgIpc) is 2.42. The summed E-state index contributed by atoms with van der Waals surface area (Å²) in [5.41, 5.74) is 2.07. The second-order valence-corrected chi connectivity index (χ2v) is 4.82. The Kier molecular flexibility index (Phi) is 4.65. The van der Waals surface area contributed by atoms with E-state index in [1.807, 2.05) is 0 Å². The minimum atomic E-state index is 0.0272. The predicted octanol–water partition coefficient (Wildman–Crippen LogP) is 3.75. The summed E-state index contributed by atoms with van der Waals surface area (Å²) in [6.07, 6.45) is 1.60. The number of nitrogens with one attached hydrogen (secondary N) is 2. The van der Waals surface area contributed by atoms with Crippen LogP contribution in [-0.2, 0) is 0 Å². The molecule has 2 N–H and O–H groups in total. The zero-order valence-corrected chi connectivity index (χ0v) is 12.3. The smallest absolute Gasteiger partial charge is 0.175 e. The summed E-state index contributed by atoms with van der Waals surface area (Å²) < 4.78 is 0. The molecule has 0 aliphatic heterocycles. The van der Waals surface area contributed by atoms with Crippen LogP contribution >= 0.6 is 23.8 Å². The molecule has 2 rings (SSSR count). The molecule has 1 heterocycles. The molecule has 0 saturated carbocycles. The Morgan fingerprint density at radius 2 is 1.90 bits per heavy atom. The van der Waals surface area contributed by atoms with Gasteiger partial charge in [0.15, 0.2) is 16.0 Å². The summed E-state index contributed by atoms with van der Waals surface area (Å²) in [6.45, 7) is 1.53. The standard InChI is InChI=1S/C14H12ClN3OS/c1-9(19)10-4-6-11(7-5-10)17-14(20)18-12-3-2-8-16-13(12)15/h2-8H,1H3,(H2,17,18,20). The second kappa shape index (κ2) is 6.45. The molecule has 1 aromatic carbocycles. The van der Waals surface area contributed by atoms with Crippen molar-refractivity contribution in [1.29, 1.82) is 0 Å². The summed E-state index contributed by atoms with van der Waals surface area (Å²) in [5, 5.41) is 6.71. The molecule has 0 radical (unpaired) electrons. The van der Waals surface area contributed by atoms with Crippen molar-refractivity contribution >= 4 is 46.1 Å². The van der Waals surface area contributed by atoms with Crippen LogP contribution in [0.25, 0.3) is 0 Å². The van der Waals surface area contributed by atoms with Gasteiger partial charge in [-0.15, -0.1) is 0 Å². The monoisotopic (exact) mass is 305 g/mol. The molecular formula is C14H12ClN3OS. The first-order valence-electron chi connectivity index (χ1n) is 5.86. The van der Waals surface area contributed by atoms with Crippen molar-refractivity contribution in [3.8, 4) is 0 Å². The number of thiocarbonyl (C=S) groups is 1. The van der Waals surface area contributed by atoms with E-state index in [0.717, 1.165) is 5.69 Å². The first-order chi connectivity index (χ1) is 9.56. The van der Waals surface area contributed by atoms with Crippen molar-refractivity contribution in [2.75, 3.05) is 10.6 Å². The first-order valence-corrected chi connectivity index (χ1v) is 6.64. The van der Waals surface area contributed by atoms with E-state index in [2.05, 4.69) is 15.6 Å². The summed E-state index contributed by atoms with van der Waals surface area (Å²) in [6, 6.07) is 10.6. The van der Waals surface area contributed by atoms with E-state index in [0.29, 0.717) is 21.5 Å². The molecule has 1 aromatic heterocycles. The average molecular weight is 306 g/mol. The van der Waals surface area contributed by atoms with Gasteiger partial charge in [0.2, 0.25) is 0 Å². The van der Waals surface area contributed by atoms with Gasteiger partial charge >= 0.3 is 0 Å². The van der Waals surface area contributed by atoms with Crippen LogP contribution < -0.4 is 10.6 Å². The predicted molar refractivity (Wildman–Crippen MR) is 85.5 cm³/mol. The van der Waals surface area contributed by atoms with Gasteiger partial charge in [-0.1, -0.05) is 11.6 Å². The number of hydrogen-bond donors (Lipinski definition) is 2. The lowest BCUT2D eigenvalue weighted by Gasteiger charge is -2.11. The van der Waals surface area contributed by atoms with Gasteiger partial charge < -0.3 is 10.6 Å². The van der Waals surface area contributed by atoms with E-state index in [4.69, 9.17) is 23.8 Å². The molecule has 0 spiro atoms. The Morgan fingerprint density at radius 1 is 1.20 bits per heavy atom. The van der Waals surface area contributed by atoms with Crippen LogP contribution in [0.3, 0.4) is 0 Å². The van der Waals surface area contributed by atoms with Crippen LogP contribution in [0.15, 0.2) is 42.6 Å². The van der Waals surface area contributed by atoms with E-state index in [1.165, 1.54) is 6.92 Å². The lowest BCUT2D eigenvalue weighted by molar-refractivity contribution is 0.101. The highest BCUT2D eigenvalue weighted by molar-refractivity contribution is 7.80. The molecule has 0 fully saturated rings. The lowest BCUT2D eigenvalue weighted by Crippen LogP contribution is -2.19. The third-order valence-corrected chi connectivity index (χ3v) is 3.06. The fourth-order valence-electron chi connectivity index (χ4n) is 1.55. The van der Waals surface area contributed by atoms with Crippen molar-refractivity contribution < 1.29 is 4.79 Å². The second-order valence-electron chi connectivity index (χ2n) is 4.05. The van der Waals surface area contributed by atoms with Gasteiger partial charge in [0, 0.05) is 17.4 Å². The van der Waals surface area contributed by atoms with Gasteiger partial charge in [0.25, 0.3) is 0 Å². The largest absolute Gasteiger partial charge is 0.332 e. The highest BCUT2D eigenvalue weighted by Crippen LogP contribution is 2.18. The Hall–Kier alpha value is -1.98. The van der Waals surface area contributed by atoms with Gasteiger partial charge in [0.1, 0.15) is 0 Å². The number of carbonyl (C=O) groups excluding carboxylic acids is 1. The van der Waals surface area contributed by atoms with Gasteiger partial charge in [0.05, 0.1) is 5.69 Å². The first kappa shape index (κ1) is 14.4. The Labute approximate surface area is 127 Å². The van der Waals surface area contributed by atoms with E-state index < -0.39 is 0 Å². The van der Waals surface area contributed by atoms with Crippen molar-refractivity contribution in [2.45, 2.75) is 6.92 Å². The molecular weight excluding hydrogens is 294 g/mol. The highest BCUT2D eigenvalue weighted by atomic mass is 35.5. The minimum Gasteiger partial charge on any atom is -0.332 e. The number of ketones is 1. The maximum atomic E-state index is 11.2. The topological polar surface area (TPSA) is 54.0 Å². The molecule has 20 heavy (non-hydrogen) atoms. The minimum absolute atomic E-state index is 0.0272. The number of pyridine rings is 1. The summed E-state index contributed by atoms with van der Waals surface area (Å²) in [7, 11) is 0. The molecule has 102 valence electrons. The van der Waals surface area contributed by atoms with Crippen LogP contribution in [0.4, 0.5) is 11.4 Å². The molecule has 4 nitrogen and oxygen atoms in total. The SMILES string of the molecule is CC(=O)c1ccc(NC(=S)Nc2cccnc2Cl)cc1. The van der Waals surface area contributed by atoms with E-state index >= 15 is 0 Å². The number of carbonyl (C=O) groups is 1. The molecule has 0 bridgehead atoms.